The fourth-order valence-corrected chi connectivity index (χ4v) is 3.46. The average molecular weight is 434 g/mol. The summed E-state index contributed by atoms with van der Waals surface area (Å²) in [5.74, 6) is 0.834. The summed E-state index contributed by atoms with van der Waals surface area (Å²) in [6.45, 7) is 0. The quantitative estimate of drug-likeness (QED) is 0.684. The zero-order valence-corrected chi connectivity index (χ0v) is 15.7. The van der Waals surface area contributed by atoms with Crippen molar-refractivity contribution in [3.05, 3.63) is 61.5 Å². The monoisotopic (exact) mass is 431 g/mol. The Hall–Kier alpha value is -0.550. The van der Waals surface area contributed by atoms with E-state index in [-0.39, 0.29) is 6.04 Å². The fourth-order valence-electron chi connectivity index (χ4n) is 2.23. The summed E-state index contributed by atoms with van der Waals surface area (Å²) in [6, 6.07) is 12.3. The highest BCUT2D eigenvalue weighted by Crippen LogP contribution is 2.33. The fraction of sp³-hybridized carbons (Fsp3) is 0.250. The van der Waals surface area contributed by atoms with E-state index in [1.807, 2.05) is 31.3 Å². The molecule has 0 aliphatic heterocycles. The van der Waals surface area contributed by atoms with Gasteiger partial charge in [0, 0.05) is 10.5 Å². The van der Waals surface area contributed by atoms with E-state index < -0.39 is 0 Å². The van der Waals surface area contributed by atoms with Crippen LogP contribution < -0.4 is 10.1 Å². The summed E-state index contributed by atoms with van der Waals surface area (Å²) >= 11 is 13.4. The number of hydrogen-bond acceptors (Lipinski definition) is 2. The minimum atomic E-state index is 0.148. The first-order valence-corrected chi connectivity index (χ1v) is 8.46. The highest BCUT2D eigenvalue weighted by atomic mass is 79.9. The van der Waals surface area contributed by atoms with Gasteiger partial charge in [0.15, 0.2) is 0 Å². The van der Waals surface area contributed by atoms with Gasteiger partial charge in [-0.2, -0.15) is 0 Å². The van der Waals surface area contributed by atoms with Crippen LogP contribution in [0.5, 0.6) is 5.75 Å². The van der Waals surface area contributed by atoms with Crippen molar-refractivity contribution >= 4 is 43.5 Å². The molecular formula is C16H16Br2ClNO. The SMILES string of the molecule is CNC(Cc1ccc(OC)c(Br)c1)c1cccc(Br)c1Cl. The van der Waals surface area contributed by atoms with Gasteiger partial charge in [-0.3, -0.25) is 0 Å². The Morgan fingerprint density at radius 3 is 2.57 bits per heavy atom. The van der Waals surface area contributed by atoms with E-state index in [4.69, 9.17) is 16.3 Å². The molecule has 2 nitrogen and oxygen atoms in total. The van der Waals surface area contributed by atoms with E-state index in [1.54, 1.807) is 7.11 Å². The van der Waals surface area contributed by atoms with Gasteiger partial charge in [0.05, 0.1) is 16.6 Å². The summed E-state index contributed by atoms with van der Waals surface area (Å²) in [5, 5.41) is 4.09. The van der Waals surface area contributed by atoms with Crippen molar-refractivity contribution in [1.29, 1.82) is 0 Å². The minimum absolute atomic E-state index is 0.148. The molecule has 21 heavy (non-hydrogen) atoms. The molecule has 112 valence electrons. The highest BCUT2D eigenvalue weighted by Gasteiger charge is 2.15. The van der Waals surface area contributed by atoms with E-state index in [0.29, 0.717) is 0 Å². The topological polar surface area (TPSA) is 21.3 Å². The molecule has 0 saturated carbocycles. The number of halogens is 3. The maximum Gasteiger partial charge on any atom is 0.133 e. The van der Waals surface area contributed by atoms with E-state index in [0.717, 1.165) is 31.7 Å². The number of rotatable bonds is 5. The molecule has 0 spiro atoms. The summed E-state index contributed by atoms with van der Waals surface area (Å²) in [7, 11) is 3.61. The second-order valence-corrected chi connectivity index (χ2v) is 6.74. The first-order chi connectivity index (χ1) is 10.1. The highest BCUT2D eigenvalue weighted by molar-refractivity contribution is 9.10. The molecule has 2 aromatic carbocycles. The van der Waals surface area contributed by atoms with Gasteiger partial charge in [0.1, 0.15) is 5.75 Å². The van der Waals surface area contributed by atoms with Gasteiger partial charge in [-0.1, -0.05) is 29.8 Å². The molecule has 0 bridgehead atoms. The van der Waals surface area contributed by atoms with Crippen LogP contribution in [0.3, 0.4) is 0 Å². The van der Waals surface area contributed by atoms with Crippen LogP contribution in [-0.4, -0.2) is 14.2 Å². The Balaban J connectivity index is 2.27. The van der Waals surface area contributed by atoms with Crippen molar-refractivity contribution in [2.24, 2.45) is 0 Å². The molecule has 0 amide bonds. The molecule has 0 saturated heterocycles. The summed E-state index contributed by atoms with van der Waals surface area (Å²) < 4.78 is 7.13. The summed E-state index contributed by atoms with van der Waals surface area (Å²) in [4.78, 5) is 0. The molecule has 0 fully saturated rings. The van der Waals surface area contributed by atoms with Crippen molar-refractivity contribution < 1.29 is 4.74 Å². The van der Waals surface area contributed by atoms with Crippen LogP contribution in [0.25, 0.3) is 0 Å². The Labute approximate surface area is 147 Å². The predicted octanol–water partition coefficient (Wildman–Crippen LogP) is 5.38. The number of nitrogens with one attached hydrogen (secondary N) is 1. The first kappa shape index (κ1) is 16.8. The van der Waals surface area contributed by atoms with Crippen LogP contribution in [-0.2, 0) is 6.42 Å². The largest absolute Gasteiger partial charge is 0.496 e. The lowest BCUT2D eigenvalue weighted by atomic mass is 9.99. The van der Waals surface area contributed by atoms with Crippen LogP contribution in [0.15, 0.2) is 45.3 Å². The molecule has 0 heterocycles. The second-order valence-electron chi connectivity index (χ2n) is 4.66. The lowest BCUT2D eigenvalue weighted by molar-refractivity contribution is 0.412. The van der Waals surface area contributed by atoms with Crippen molar-refractivity contribution in [2.75, 3.05) is 14.2 Å². The molecule has 0 aromatic heterocycles. The van der Waals surface area contributed by atoms with Gasteiger partial charge < -0.3 is 10.1 Å². The van der Waals surface area contributed by atoms with Crippen molar-refractivity contribution in [1.82, 2.24) is 5.32 Å². The molecule has 0 aliphatic rings. The third kappa shape index (κ3) is 4.01. The molecule has 1 N–H and O–H groups in total. The third-order valence-corrected chi connectivity index (χ3v) is 5.29. The average Bonchev–Trinajstić information content (AvgIpc) is 2.48. The van der Waals surface area contributed by atoms with Crippen LogP contribution in [0, 0.1) is 0 Å². The third-order valence-electron chi connectivity index (χ3n) is 3.36. The summed E-state index contributed by atoms with van der Waals surface area (Å²) in [5.41, 5.74) is 2.29. The zero-order chi connectivity index (χ0) is 15.4. The van der Waals surface area contributed by atoms with Crippen molar-refractivity contribution in [3.63, 3.8) is 0 Å². The zero-order valence-electron chi connectivity index (χ0n) is 11.8. The molecule has 1 unspecified atom stereocenters. The van der Waals surface area contributed by atoms with Gasteiger partial charge in [-0.25, -0.2) is 0 Å². The van der Waals surface area contributed by atoms with E-state index in [9.17, 15) is 0 Å². The van der Waals surface area contributed by atoms with E-state index in [1.165, 1.54) is 5.56 Å². The maximum absolute atomic E-state index is 6.40. The number of benzene rings is 2. The first-order valence-electron chi connectivity index (χ1n) is 6.50. The van der Waals surface area contributed by atoms with Crippen LogP contribution in [0.4, 0.5) is 0 Å². The molecule has 5 heteroatoms. The lowest BCUT2D eigenvalue weighted by Gasteiger charge is -2.19. The van der Waals surface area contributed by atoms with E-state index >= 15 is 0 Å². The molecule has 2 aromatic rings. The molecule has 0 aliphatic carbocycles. The van der Waals surface area contributed by atoms with Crippen molar-refractivity contribution in [2.45, 2.75) is 12.5 Å². The van der Waals surface area contributed by atoms with Crippen molar-refractivity contribution in [3.8, 4) is 5.75 Å². The smallest absolute Gasteiger partial charge is 0.133 e. The molecule has 2 rings (SSSR count). The van der Waals surface area contributed by atoms with Crippen LogP contribution in [0.2, 0.25) is 5.02 Å². The number of hydrogen-bond donors (Lipinski definition) is 1. The van der Waals surface area contributed by atoms with Crippen LogP contribution in [0.1, 0.15) is 17.2 Å². The Bertz CT molecular complexity index is 634. The normalized spacial score (nSPS) is 12.2. The maximum atomic E-state index is 6.40. The van der Waals surface area contributed by atoms with Gasteiger partial charge in [0.2, 0.25) is 0 Å². The van der Waals surface area contributed by atoms with Gasteiger partial charge in [-0.15, -0.1) is 0 Å². The Morgan fingerprint density at radius 2 is 1.95 bits per heavy atom. The van der Waals surface area contributed by atoms with Gasteiger partial charge >= 0.3 is 0 Å². The Morgan fingerprint density at radius 1 is 1.19 bits per heavy atom. The van der Waals surface area contributed by atoms with Crippen LogP contribution >= 0.6 is 43.5 Å². The summed E-state index contributed by atoms with van der Waals surface area (Å²) in [6.07, 6.45) is 0.843. The standard InChI is InChI=1S/C16H16Br2ClNO/c1-20-14(11-4-3-5-12(17)16(11)19)9-10-6-7-15(21-2)13(18)8-10/h3-8,14,20H,9H2,1-2H3. The molecule has 0 radical (unpaired) electrons. The molecule has 1 atom stereocenters. The van der Waals surface area contributed by atoms with Gasteiger partial charge in [-0.05, 0) is 74.7 Å². The number of methoxy groups -OCH3 is 1. The predicted molar refractivity (Wildman–Crippen MR) is 95.4 cm³/mol. The minimum Gasteiger partial charge on any atom is -0.496 e. The lowest BCUT2D eigenvalue weighted by Crippen LogP contribution is -2.19. The molecular weight excluding hydrogens is 417 g/mol. The Kier molecular flexibility index (Phi) is 6.11. The van der Waals surface area contributed by atoms with Gasteiger partial charge in [0.25, 0.3) is 0 Å². The number of likely N-dealkylation sites (N-methyl/N-ethyl adjacent to an activating group) is 1. The van der Waals surface area contributed by atoms with E-state index in [2.05, 4.69) is 49.3 Å². The second kappa shape index (κ2) is 7.63. The number of ether oxygens (including phenoxy) is 1.